The van der Waals surface area contributed by atoms with E-state index in [-0.39, 0.29) is 8.69 Å². The van der Waals surface area contributed by atoms with Crippen molar-refractivity contribution in [3.8, 4) is 5.75 Å². The Morgan fingerprint density at radius 1 is 1.27 bits per heavy atom. The minimum atomic E-state index is -0.332. The maximum Gasteiger partial charge on any atom is 0.395 e. The summed E-state index contributed by atoms with van der Waals surface area (Å²) in [5.41, 5.74) is 2.15. The van der Waals surface area contributed by atoms with E-state index in [0.29, 0.717) is 12.2 Å². The second-order valence-corrected chi connectivity index (χ2v) is 3.38. The van der Waals surface area contributed by atoms with Gasteiger partial charge in [-0.05, 0) is 24.5 Å². The Labute approximate surface area is 91.6 Å². The number of hydrogen-bond donors (Lipinski definition) is 0. The summed E-state index contributed by atoms with van der Waals surface area (Å²) in [6.07, 6.45) is 5.11. The second kappa shape index (κ2) is 6.15. The molecule has 0 heterocycles. The molecule has 0 saturated carbocycles. The lowest BCUT2D eigenvalue weighted by molar-refractivity contribution is 0.522. The third-order valence-corrected chi connectivity index (χ3v) is 2.35. The van der Waals surface area contributed by atoms with E-state index < -0.39 is 0 Å². The van der Waals surface area contributed by atoms with Crippen molar-refractivity contribution in [2.75, 3.05) is 0 Å². The SMILES string of the molecule is C=CCc1cccc(OP=O)c1CC=C. The summed E-state index contributed by atoms with van der Waals surface area (Å²) in [5, 5.41) is 0. The summed E-state index contributed by atoms with van der Waals surface area (Å²) in [4.78, 5) is 0. The molecule has 2 nitrogen and oxygen atoms in total. The van der Waals surface area contributed by atoms with Gasteiger partial charge in [0.2, 0.25) is 0 Å². The normalized spacial score (nSPS) is 9.87. The molecule has 0 aliphatic heterocycles. The molecular weight excluding hydrogens is 207 g/mol. The first-order valence-corrected chi connectivity index (χ1v) is 5.38. The van der Waals surface area contributed by atoms with Gasteiger partial charge < -0.3 is 4.52 Å². The summed E-state index contributed by atoms with van der Waals surface area (Å²) < 4.78 is 15.4. The van der Waals surface area contributed by atoms with Gasteiger partial charge in [0.15, 0.2) is 0 Å². The molecule has 0 N–H and O–H groups in total. The highest BCUT2D eigenvalue weighted by atomic mass is 31.1. The molecule has 0 unspecified atom stereocenters. The molecule has 15 heavy (non-hydrogen) atoms. The van der Waals surface area contributed by atoms with Gasteiger partial charge in [0.1, 0.15) is 5.75 Å². The Morgan fingerprint density at radius 2 is 2.00 bits per heavy atom. The molecule has 1 aromatic carbocycles. The molecule has 0 aromatic heterocycles. The lowest BCUT2D eigenvalue weighted by atomic mass is 10.0. The summed E-state index contributed by atoms with van der Waals surface area (Å²) in [6, 6.07) is 5.69. The molecule has 0 fully saturated rings. The van der Waals surface area contributed by atoms with E-state index in [0.717, 1.165) is 17.5 Å². The molecule has 0 saturated heterocycles. The first-order valence-electron chi connectivity index (χ1n) is 4.65. The quantitative estimate of drug-likeness (QED) is 0.539. The van der Waals surface area contributed by atoms with Crippen molar-refractivity contribution in [3.63, 3.8) is 0 Å². The smallest absolute Gasteiger partial charge is 0.395 e. The van der Waals surface area contributed by atoms with Crippen LogP contribution in [0, 0.1) is 0 Å². The third-order valence-electron chi connectivity index (χ3n) is 2.08. The minimum Gasteiger partial charge on any atom is -0.407 e. The van der Waals surface area contributed by atoms with Crippen molar-refractivity contribution < 1.29 is 9.09 Å². The average Bonchev–Trinajstić information content (AvgIpc) is 2.23. The van der Waals surface area contributed by atoms with Crippen LogP contribution in [0.1, 0.15) is 11.1 Å². The molecular formula is C12H13O2P. The summed E-state index contributed by atoms with van der Waals surface area (Å²) in [5.74, 6) is 0.644. The van der Waals surface area contributed by atoms with Crippen LogP contribution in [0.15, 0.2) is 43.5 Å². The Hall–Kier alpha value is -1.40. The van der Waals surface area contributed by atoms with Crippen LogP contribution in [0.5, 0.6) is 5.75 Å². The molecule has 0 aliphatic carbocycles. The van der Waals surface area contributed by atoms with Crippen LogP contribution in [-0.2, 0) is 17.4 Å². The van der Waals surface area contributed by atoms with E-state index in [1.54, 1.807) is 12.1 Å². The van der Waals surface area contributed by atoms with E-state index in [1.807, 2.05) is 18.2 Å². The van der Waals surface area contributed by atoms with Crippen molar-refractivity contribution >= 4 is 8.69 Å². The average molecular weight is 220 g/mol. The van der Waals surface area contributed by atoms with Crippen molar-refractivity contribution in [1.82, 2.24) is 0 Å². The van der Waals surface area contributed by atoms with Gasteiger partial charge in [0.05, 0.1) is 0 Å². The largest absolute Gasteiger partial charge is 0.407 e. The van der Waals surface area contributed by atoms with Crippen LogP contribution >= 0.6 is 8.69 Å². The van der Waals surface area contributed by atoms with Crippen molar-refractivity contribution in [2.45, 2.75) is 12.8 Å². The number of rotatable bonds is 6. The minimum absolute atomic E-state index is 0.332. The van der Waals surface area contributed by atoms with Crippen molar-refractivity contribution in [3.05, 3.63) is 54.6 Å². The van der Waals surface area contributed by atoms with Crippen molar-refractivity contribution in [2.24, 2.45) is 0 Å². The number of allylic oxidation sites excluding steroid dienone is 2. The van der Waals surface area contributed by atoms with Crippen molar-refractivity contribution in [1.29, 1.82) is 0 Å². The van der Waals surface area contributed by atoms with Gasteiger partial charge in [-0.3, -0.25) is 0 Å². The maximum atomic E-state index is 10.4. The standard InChI is InChI=1S/C12H13O2P/c1-3-6-10-8-5-9-12(14-15-13)11(10)7-4-2/h3-5,8-9H,1-2,6-7H2. The van der Waals surface area contributed by atoms with E-state index in [4.69, 9.17) is 4.52 Å². The zero-order valence-electron chi connectivity index (χ0n) is 8.48. The topological polar surface area (TPSA) is 26.3 Å². The zero-order valence-corrected chi connectivity index (χ0v) is 9.37. The predicted molar refractivity (Wildman–Crippen MR) is 62.5 cm³/mol. The van der Waals surface area contributed by atoms with Gasteiger partial charge in [-0.1, -0.05) is 24.3 Å². The Bertz CT molecular complexity index is 344. The van der Waals surface area contributed by atoms with Gasteiger partial charge >= 0.3 is 8.69 Å². The van der Waals surface area contributed by atoms with Crippen LogP contribution in [0.25, 0.3) is 0 Å². The summed E-state index contributed by atoms with van der Waals surface area (Å²) in [7, 11) is -0.332. The zero-order chi connectivity index (χ0) is 11.1. The van der Waals surface area contributed by atoms with E-state index >= 15 is 0 Å². The van der Waals surface area contributed by atoms with Crippen LogP contribution in [0.2, 0.25) is 0 Å². The van der Waals surface area contributed by atoms with Crippen LogP contribution in [-0.4, -0.2) is 0 Å². The first-order chi connectivity index (χ1) is 7.33. The highest BCUT2D eigenvalue weighted by molar-refractivity contribution is 7.17. The second-order valence-electron chi connectivity index (χ2n) is 3.05. The van der Waals surface area contributed by atoms with Gasteiger partial charge in [0.25, 0.3) is 0 Å². The van der Waals surface area contributed by atoms with Crippen LogP contribution < -0.4 is 4.52 Å². The molecule has 0 atom stereocenters. The number of hydrogen-bond acceptors (Lipinski definition) is 2. The highest BCUT2D eigenvalue weighted by Gasteiger charge is 2.07. The lowest BCUT2D eigenvalue weighted by Gasteiger charge is -2.09. The molecule has 0 spiro atoms. The molecule has 0 aliphatic rings. The molecule has 0 amide bonds. The van der Waals surface area contributed by atoms with E-state index in [2.05, 4.69) is 13.2 Å². The summed E-state index contributed by atoms with van der Waals surface area (Å²) >= 11 is 0. The fraction of sp³-hybridized carbons (Fsp3) is 0.167. The Balaban J connectivity index is 3.13. The first kappa shape index (κ1) is 11.7. The molecule has 0 radical (unpaired) electrons. The maximum absolute atomic E-state index is 10.4. The molecule has 1 rings (SSSR count). The van der Waals surface area contributed by atoms with Gasteiger partial charge in [-0.25, -0.2) is 4.57 Å². The predicted octanol–water partition coefficient (Wildman–Crippen LogP) is 3.73. The van der Waals surface area contributed by atoms with Crippen LogP contribution in [0.4, 0.5) is 0 Å². The number of benzene rings is 1. The van der Waals surface area contributed by atoms with E-state index in [9.17, 15) is 4.57 Å². The summed E-state index contributed by atoms with van der Waals surface area (Å²) in [6.45, 7) is 7.40. The Kier molecular flexibility index (Phi) is 4.79. The van der Waals surface area contributed by atoms with Gasteiger partial charge in [-0.15, -0.1) is 13.2 Å². The molecule has 3 heteroatoms. The molecule has 0 bridgehead atoms. The van der Waals surface area contributed by atoms with Gasteiger partial charge in [-0.2, -0.15) is 0 Å². The van der Waals surface area contributed by atoms with Crippen LogP contribution in [0.3, 0.4) is 0 Å². The highest BCUT2D eigenvalue weighted by Crippen LogP contribution is 2.26. The van der Waals surface area contributed by atoms with Gasteiger partial charge in [0, 0.05) is 5.56 Å². The third kappa shape index (κ3) is 3.03. The molecule has 78 valence electrons. The fourth-order valence-corrected chi connectivity index (χ4v) is 1.71. The molecule has 1 aromatic rings. The monoisotopic (exact) mass is 220 g/mol. The Morgan fingerprint density at radius 3 is 2.60 bits per heavy atom. The fourth-order valence-electron chi connectivity index (χ4n) is 1.46. The van der Waals surface area contributed by atoms with E-state index in [1.165, 1.54) is 0 Å². The lowest BCUT2D eigenvalue weighted by Crippen LogP contribution is -1.94.